The number of hydrogen-bond donors (Lipinski definition) is 1. The fraction of sp³-hybridized carbons (Fsp3) is 0.438. The molecule has 21 heavy (non-hydrogen) atoms. The summed E-state index contributed by atoms with van der Waals surface area (Å²) in [6.07, 6.45) is 3.83. The number of nitrogens with one attached hydrogen (secondary N) is 1. The first kappa shape index (κ1) is 15.9. The molecule has 0 bridgehead atoms. The van der Waals surface area contributed by atoms with Gasteiger partial charge in [-0.05, 0) is 37.2 Å². The number of ether oxygens (including phenoxy) is 1. The quantitative estimate of drug-likeness (QED) is 0.852. The lowest BCUT2D eigenvalue weighted by Crippen LogP contribution is -2.24. The molecule has 114 valence electrons. The van der Waals surface area contributed by atoms with E-state index in [4.69, 9.17) is 16.3 Å². The van der Waals surface area contributed by atoms with Crippen molar-refractivity contribution in [1.82, 2.24) is 15.1 Å². The van der Waals surface area contributed by atoms with Gasteiger partial charge in [-0.25, -0.2) is 0 Å². The second-order valence-electron chi connectivity index (χ2n) is 5.08. The normalized spacial score (nSPS) is 12.4. The van der Waals surface area contributed by atoms with Gasteiger partial charge in [0.15, 0.2) is 0 Å². The molecule has 2 rings (SSSR count). The molecule has 0 fully saturated rings. The number of benzene rings is 1. The van der Waals surface area contributed by atoms with Crippen molar-refractivity contribution in [1.29, 1.82) is 0 Å². The molecule has 4 nitrogen and oxygen atoms in total. The summed E-state index contributed by atoms with van der Waals surface area (Å²) in [5.74, 6) is 0.851. The van der Waals surface area contributed by atoms with Crippen LogP contribution in [0.5, 0.6) is 5.75 Å². The molecule has 5 heteroatoms. The summed E-state index contributed by atoms with van der Waals surface area (Å²) in [6.45, 7) is 3.09. The summed E-state index contributed by atoms with van der Waals surface area (Å²) in [5, 5.41) is 8.74. The van der Waals surface area contributed by atoms with Crippen LogP contribution in [0, 0.1) is 0 Å². The van der Waals surface area contributed by atoms with Crippen molar-refractivity contribution in [3.63, 3.8) is 0 Å². The summed E-state index contributed by atoms with van der Waals surface area (Å²) in [4.78, 5) is 0. The van der Waals surface area contributed by atoms with Crippen LogP contribution < -0.4 is 10.1 Å². The fourth-order valence-electron chi connectivity index (χ4n) is 2.37. The molecular formula is C16H22ClN3O. The summed E-state index contributed by atoms with van der Waals surface area (Å²) >= 11 is 6.16. The van der Waals surface area contributed by atoms with E-state index in [1.54, 1.807) is 7.11 Å². The van der Waals surface area contributed by atoms with Gasteiger partial charge in [-0.15, -0.1) is 0 Å². The van der Waals surface area contributed by atoms with Crippen LogP contribution in [0.1, 0.15) is 30.6 Å². The average molecular weight is 308 g/mol. The van der Waals surface area contributed by atoms with Gasteiger partial charge in [0.05, 0.1) is 12.8 Å². The Morgan fingerprint density at radius 2 is 2.19 bits per heavy atom. The fourth-order valence-corrected chi connectivity index (χ4v) is 2.55. The van der Waals surface area contributed by atoms with E-state index in [9.17, 15) is 0 Å². The second kappa shape index (κ2) is 7.48. The third-order valence-electron chi connectivity index (χ3n) is 3.39. The molecule has 0 radical (unpaired) electrons. The lowest BCUT2D eigenvalue weighted by Gasteiger charge is -2.21. The van der Waals surface area contributed by atoms with Gasteiger partial charge >= 0.3 is 0 Å². The van der Waals surface area contributed by atoms with Gasteiger partial charge in [0.1, 0.15) is 5.75 Å². The Labute approximate surface area is 131 Å². The standard InChI is InChI=1S/C16H22ClN3O/c1-4-8-18-15(11-13-7-9-20(2)19-13)14-10-12(17)5-6-16(14)21-3/h5-7,9-10,15,18H,4,8,11H2,1-3H3. The average Bonchev–Trinajstić information content (AvgIpc) is 2.88. The molecule has 1 N–H and O–H groups in total. The minimum absolute atomic E-state index is 0.133. The predicted molar refractivity (Wildman–Crippen MR) is 86.0 cm³/mol. The highest BCUT2D eigenvalue weighted by atomic mass is 35.5. The molecule has 0 amide bonds. The van der Waals surface area contributed by atoms with Crippen LogP contribution in [0.3, 0.4) is 0 Å². The van der Waals surface area contributed by atoms with Crippen molar-refractivity contribution >= 4 is 11.6 Å². The van der Waals surface area contributed by atoms with Gasteiger partial charge in [-0.3, -0.25) is 4.68 Å². The first-order valence-electron chi connectivity index (χ1n) is 7.19. The zero-order chi connectivity index (χ0) is 15.2. The Morgan fingerprint density at radius 1 is 1.38 bits per heavy atom. The van der Waals surface area contributed by atoms with Crippen LogP contribution in [-0.4, -0.2) is 23.4 Å². The van der Waals surface area contributed by atoms with Gasteiger partial charge in [-0.2, -0.15) is 5.10 Å². The number of aryl methyl sites for hydroxylation is 1. The van der Waals surface area contributed by atoms with Crippen molar-refractivity contribution in [2.45, 2.75) is 25.8 Å². The lowest BCUT2D eigenvalue weighted by atomic mass is 10.0. The van der Waals surface area contributed by atoms with Crippen molar-refractivity contribution < 1.29 is 4.74 Å². The molecule has 1 aromatic heterocycles. The Hall–Kier alpha value is -1.52. The summed E-state index contributed by atoms with van der Waals surface area (Å²) in [5.41, 5.74) is 2.12. The topological polar surface area (TPSA) is 39.1 Å². The molecule has 1 atom stereocenters. The van der Waals surface area contributed by atoms with E-state index in [-0.39, 0.29) is 6.04 Å². The number of aromatic nitrogens is 2. The maximum Gasteiger partial charge on any atom is 0.123 e. The number of hydrogen-bond acceptors (Lipinski definition) is 3. The third kappa shape index (κ3) is 4.22. The largest absolute Gasteiger partial charge is 0.496 e. The summed E-state index contributed by atoms with van der Waals surface area (Å²) < 4.78 is 7.30. The van der Waals surface area contributed by atoms with Crippen LogP contribution in [0.4, 0.5) is 0 Å². The highest BCUT2D eigenvalue weighted by Gasteiger charge is 2.18. The minimum Gasteiger partial charge on any atom is -0.496 e. The number of rotatable bonds is 7. The Bertz CT molecular complexity index is 583. The van der Waals surface area contributed by atoms with Crippen molar-refractivity contribution in [2.24, 2.45) is 7.05 Å². The van der Waals surface area contributed by atoms with Crippen molar-refractivity contribution in [2.75, 3.05) is 13.7 Å². The Balaban J connectivity index is 2.28. The second-order valence-corrected chi connectivity index (χ2v) is 5.51. The maximum atomic E-state index is 6.16. The molecule has 2 aromatic rings. The Morgan fingerprint density at radius 3 is 2.81 bits per heavy atom. The molecule has 0 spiro atoms. The van der Waals surface area contributed by atoms with E-state index < -0.39 is 0 Å². The minimum atomic E-state index is 0.133. The smallest absolute Gasteiger partial charge is 0.123 e. The van der Waals surface area contributed by atoms with E-state index in [2.05, 4.69) is 17.3 Å². The van der Waals surface area contributed by atoms with E-state index in [0.29, 0.717) is 0 Å². The zero-order valence-corrected chi connectivity index (χ0v) is 13.5. The molecule has 0 aliphatic carbocycles. The molecule has 0 saturated heterocycles. The predicted octanol–water partition coefficient (Wildman–Crippen LogP) is 3.37. The molecule has 1 aromatic carbocycles. The zero-order valence-electron chi connectivity index (χ0n) is 12.8. The maximum absolute atomic E-state index is 6.16. The summed E-state index contributed by atoms with van der Waals surface area (Å²) in [7, 11) is 3.61. The molecule has 1 unspecified atom stereocenters. The van der Waals surface area contributed by atoms with E-state index in [1.165, 1.54) is 0 Å². The first-order chi connectivity index (χ1) is 10.1. The van der Waals surface area contributed by atoms with Gasteiger partial charge in [-0.1, -0.05) is 18.5 Å². The molecular weight excluding hydrogens is 286 g/mol. The van der Waals surface area contributed by atoms with E-state index in [1.807, 2.05) is 42.2 Å². The van der Waals surface area contributed by atoms with Gasteiger partial charge in [0.2, 0.25) is 0 Å². The van der Waals surface area contributed by atoms with Crippen LogP contribution in [0.25, 0.3) is 0 Å². The third-order valence-corrected chi connectivity index (χ3v) is 3.63. The van der Waals surface area contributed by atoms with E-state index >= 15 is 0 Å². The van der Waals surface area contributed by atoms with Crippen LogP contribution in [-0.2, 0) is 13.5 Å². The van der Waals surface area contributed by atoms with Crippen molar-refractivity contribution in [3.05, 3.63) is 46.7 Å². The molecule has 0 aliphatic heterocycles. The highest BCUT2D eigenvalue weighted by molar-refractivity contribution is 6.30. The van der Waals surface area contributed by atoms with Gasteiger partial charge in [0.25, 0.3) is 0 Å². The molecule has 0 aliphatic rings. The molecule has 1 heterocycles. The van der Waals surface area contributed by atoms with Crippen LogP contribution in [0.2, 0.25) is 5.02 Å². The van der Waals surface area contributed by atoms with Crippen LogP contribution >= 0.6 is 11.6 Å². The van der Waals surface area contributed by atoms with Crippen LogP contribution in [0.15, 0.2) is 30.5 Å². The number of methoxy groups -OCH3 is 1. The first-order valence-corrected chi connectivity index (χ1v) is 7.57. The SMILES string of the molecule is CCCNC(Cc1ccn(C)n1)c1cc(Cl)ccc1OC. The molecule has 0 saturated carbocycles. The van der Waals surface area contributed by atoms with Crippen molar-refractivity contribution in [3.8, 4) is 5.75 Å². The highest BCUT2D eigenvalue weighted by Crippen LogP contribution is 2.30. The monoisotopic (exact) mass is 307 g/mol. The lowest BCUT2D eigenvalue weighted by molar-refractivity contribution is 0.397. The van der Waals surface area contributed by atoms with Gasteiger partial charge < -0.3 is 10.1 Å². The van der Waals surface area contributed by atoms with Gasteiger partial charge in [0, 0.05) is 36.3 Å². The Kier molecular flexibility index (Phi) is 5.65. The number of halogens is 1. The summed E-state index contributed by atoms with van der Waals surface area (Å²) in [6, 6.07) is 7.90. The number of nitrogens with zero attached hydrogens (tertiary/aromatic N) is 2. The van der Waals surface area contributed by atoms with E-state index in [0.717, 1.165) is 41.4 Å².